The van der Waals surface area contributed by atoms with Crippen molar-refractivity contribution in [2.75, 3.05) is 19.6 Å². The first-order valence-electron chi connectivity index (χ1n) is 9.46. The van der Waals surface area contributed by atoms with Crippen molar-refractivity contribution in [2.45, 2.75) is 78.4 Å². The lowest BCUT2D eigenvalue weighted by atomic mass is 9.80. The third-order valence-corrected chi connectivity index (χ3v) is 5.33. The second-order valence-corrected chi connectivity index (χ2v) is 8.83. The number of nitrogens with zero attached hydrogens (tertiary/aromatic N) is 1. The monoisotopic (exact) mass is 324 g/mol. The third kappa shape index (κ3) is 5.98. The molecule has 134 valence electrons. The van der Waals surface area contributed by atoms with Crippen molar-refractivity contribution >= 4 is 6.09 Å². The zero-order valence-corrected chi connectivity index (χ0v) is 15.7. The molecule has 4 unspecified atom stereocenters. The Labute approximate surface area is 142 Å². The number of likely N-dealkylation sites (tertiary alicyclic amines) is 1. The molecule has 23 heavy (non-hydrogen) atoms. The van der Waals surface area contributed by atoms with E-state index < -0.39 is 5.60 Å². The minimum Gasteiger partial charge on any atom is -0.444 e. The lowest BCUT2D eigenvalue weighted by molar-refractivity contribution is 0.0287. The predicted molar refractivity (Wildman–Crippen MR) is 94.5 cm³/mol. The third-order valence-electron chi connectivity index (χ3n) is 5.33. The summed E-state index contributed by atoms with van der Waals surface area (Å²) in [5.74, 6) is 2.30. The Bertz CT molecular complexity index is 391. The maximum atomic E-state index is 12.1. The second kappa shape index (κ2) is 7.87. The second-order valence-electron chi connectivity index (χ2n) is 8.83. The molecule has 0 aromatic rings. The minimum atomic E-state index is -0.398. The molecule has 1 aliphatic carbocycles. The summed E-state index contributed by atoms with van der Waals surface area (Å²) in [6.45, 7) is 13.3. The highest BCUT2D eigenvalue weighted by Gasteiger charge is 2.30. The van der Waals surface area contributed by atoms with Gasteiger partial charge in [0.25, 0.3) is 0 Å². The lowest BCUT2D eigenvalue weighted by Crippen LogP contribution is -2.40. The van der Waals surface area contributed by atoms with E-state index in [0.717, 1.165) is 44.3 Å². The van der Waals surface area contributed by atoms with Crippen molar-refractivity contribution in [3.63, 3.8) is 0 Å². The molecule has 1 N–H and O–H groups in total. The zero-order chi connectivity index (χ0) is 17.0. The van der Waals surface area contributed by atoms with Gasteiger partial charge >= 0.3 is 6.09 Å². The van der Waals surface area contributed by atoms with E-state index in [2.05, 4.69) is 19.2 Å². The maximum absolute atomic E-state index is 12.1. The SMILES string of the molecule is CC1CCC(NCCC2CCN(C(=O)OC(C)(C)C)C2)C(C)C1. The molecule has 0 aromatic heterocycles. The highest BCUT2D eigenvalue weighted by atomic mass is 16.6. The van der Waals surface area contributed by atoms with E-state index >= 15 is 0 Å². The van der Waals surface area contributed by atoms with Crippen LogP contribution in [0, 0.1) is 17.8 Å². The van der Waals surface area contributed by atoms with Crippen LogP contribution in [0.1, 0.15) is 66.7 Å². The number of rotatable bonds is 4. The highest BCUT2D eigenvalue weighted by molar-refractivity contribution is 5.68. The molecule has 2 rings (SSSR count). The standard InChI is InChI=1S/C19H36N2O2/c1-14-6-7-17(15(2)12-14)20-10-8-16-9-11-21(13-16)18(22)23-19(3,4)5/h14-17,20H,6-13H2,1-5H3. The van der Waals surface area contributed by atoms with Crippen LogP contribution in [-0.4, -0.2) is 42.3 Å². The summed E-state index contributed by atoms with van der Waals surface area (Å²) in [7, 11) is 0. The Hall–Kier alpha value is -0.770. The van der Waals surface area contributed by atoms with E-state index in [1.54, 1.807) is 0 Å². The molecule has 1 saturated carbocycles. The normalized spacial score (nSPS) is 32.1. The highest BCUT2D eigenvalue weighted by Crippen LogP contribution is 2.29. The number of nitrogens with one attached hydrogen (secondary N) is 1. The quantitative estimate of drug-likeness (QED) is 0.848. The molecule has 0 spiro atoms. The van der Waals surface area contributed by atoms with Gasteiger partial charge in [0.2, 0.25) is 0 Å². The molecule has 4 nitrogen and oxygen atoms in total. The van der Waals surface area contributed by atoms with Crippen LogP contribution < -0.4 is 5.32 Å². The lowest BCUT2D eigenvalue weighted by Gasteiger charge is -2.33. The molecule has 1 aliphatic heterocycles. The molecule has 0 bridgehead atoms. The van der Waals surface area contributed by atoms with E-state index in [0.29, 0.717) is 12.0 Å². The van der Waals surface area contributed by atoms with Crippen molar-refractivity contribution < 1.29 is 9.53 Å². The van der Waals surface area contributed by atoms with Gasteiger partial charge in [-0.05, 0) is 77.2 Å². The minimum absolute atomic E-state index is 0.150. The number of carbonyl (C=O) groups excluding carboxylic acids is 1. The van der Waals surface area contributed by atoms with Crippen molar-refractivity contribution in [1.82, 2.24) is 10.2 Å². The van der Waals surface area contributed by atoms with Gasteiger partial charge in [-0.15, -0.1) is 0 Å². The van der Waals surface area contributed by atoms with Gasteiger partial charge in [0.05, 0.1) is 0 Å². The fourth-order valence-corrected chi connectivity index (χ4v) is 4.00. The average molecular weight is 325 g/mol. The molecular formula is C19H36N2O2. The van der Waals surface area contributed by atoms with E-state index in [9.17, 15) is 4.79 Å². The molecule has 0 aromatic carbocycles. The first kappa shape index (κ1) is 18.6. The van der Waals surface area contributed by atoms with Gasteiger partial charge in [-0.2, -0.15) is 0 Å². The van der Waals surface area contributed by atoms with Crippen LogP contribution in [0.25, 0.3) is 0 Å². The Morgan fingerprint density at radius 2 is 1.96 bits per heavy atom. The van der Waals surface area contributed by atoms with Gasteiger partial charge < -0.3 is 15.0 Å². The van der Waals surface area contributed by atoms with Crippen LogP contribution in [-0.2, 0) is 4.74 Å². The van der Waals surface area contributed by atoms with Crippen LogP contribution in [0.2, 0.25) is 0 Å². The number of carbonyl (C=O) groups is 1. The van der Waals surface area contributed by atoms with Gasteiger partial charge in [-0.3, -0.25) is 0 Å². The molecule has 1 saturated heterocycles. The van der Waals surface area contributed by atoms with Crippen LogP contribution in [0.5, 0.6) is 0 Å². The number of ether oxygens (including phenoxy) is 1. The van der Waals surface area contributed by atoms with Crippen molar-refractivity contribution in [3.8, 4) is 0 Å². The van der Waals surface area contributed by atoms with E-state index in [1.165, 1.54) is 19.3 Å². The predicted octanol–water partition coefficient (Wildman–Crippen LogP) is 4.05. The van der Waals surface area contributed by atoms with Crippen molar-refractivity contribution in [1.29, 1.82) is 0 Å². The fraction of sp³-hybridized carbons (Fsp3) is 0.947. The summed E-state index contributed by atoms with van der Waals surface area (Å²) in [6, 6.07) is 0.689. The average Bonchev–Trinajstić information content (AvgIpc) is 2.88. The zero-order valence-electron chi connectivity index (χ0n) is 15.7. The van der Waals surface area contributed by atoms with Gasteiger partial charge in [0.1, 0.15) is 5.60 Å². The maximum Gasteiger partial charge on any atom is 0.410 e. The molecule has 0 radical (unpaired) electrons. The van der Waals surface area contributed by atoms with Gasteiger partial charge in [-0.1, -0.05) is 13.8 Å². The first-order chi connectivity index (χ1) is 10.7. The largest absolute Gasteiger partial charge is 0.444 e. The number of hydrogen-bond donors (Lipinski definition) is 1. The topological polar surface area (TPSA) is 41.6 Å². The summed E-state index contributed by atoms with van der Waals surface area (Å²) in [5.41, 5.74) is -0.398. The summed E-state index contributed by atoms with van der Waals surface area (Å²) in [4.78, 5) is 14.0. The summed E-state index contributed by atoms with van der Waals surface area (Å²) < 4.78 is 5.47. The van der Waals surface area contributed by atoms with Gasteiger partial charge in [0, 0.05) is 19.1 Å². The first-order valence-corrected chi connectivity index (χ1v) is 9.46. The number of hydrogen-bond acceptors (Lipinski definition) is 3. The smallest absolute Gasteiger partial charge is 0.410 e. The van der Waals surface area contributed by atoms with E-state index in [-0.39, 0.29) is 6.09 Å². The van der Waals surface area contributed by atoms with Crippen LogP contribution in [0.3, 0.4) is 0 Å². The summed E-state index contributed by atoms with van der Waals surface area (Å²) >= 11 is 0. The molecular weight excluding hydrogens is 288 g/mol. The van der Waals surface area contributed by atoms with Crippen molar-refractivity contribution in [3.05, 3.63) is 0 Å². The molecule has 4 heteroatoms. The van der Waals surface area contributed by atoms with Crippen LogP contribution in [0.4, 0.5) is 4.79 Å². The Balaban J connectivity index is 1.65. The summed E-state index contributed by atoms with van der Waals surface area (Å²) in [5, 5.41) is 3.77. The molecule has 1 amide bonds. The molecule has 2 fully saturated rings. The molecule has 4 atom stereocenters. The van der Waals surface area contributed by atoms with E-state index in [1.807, 2.05) is 25.7 Å². The summed E-state index contributed by atoms with van der Waals surface area (Å²) in [6.07, 6.45) is 6.15. The van der Waals surface area contributed by atoms with Gasteiger partial charge in [-0.25, -0.2) is 4.79 Å². The Kier molecular flexibility index (Phi) is 6.35. The van der Waals surface area contributed by atoms with E-state index in [4.69, 9.17) is 4.74 Å². The fourth-order valence-electron chi connectivity index (χ4n) is 4.00. The molecule has 2 aliphatic rings. The Morgan fingerprint density at radius 3 is 2.61 bits per heavy atom. The Morgan fingerprint density at radius 1 is 1.22 bits per heavy atom. The molecule has 1 heterocycles. The van der Waals surface area contributed by atoms with Crippen LogP contribution >= 0.6 is 0 Å². The van der Waals surface area contributed by atoms with Crippen molar-refractivity contribution in [2.24, 2.45) is 17.8 Å². The van der Waals surface area contributed by atoms with Crippen LogP contribution in [0.15, 0.2) is 0 Å². The number of amides is 1. The van der Waals surface area contributed by atoms with Gasteiger partial charge in [0.15, 0.2) is 0 Å².